The van der Waals surface area contributed by atoms with Crippen LogP contribution in [0.2, 0.25) is 0 Å². The fourth-order valence-corrected chi connectivity index (χ4v) is 9.57. The number of aromatic nitrogens is 5. The molecule has 7 rings (SSSR count). The third kappa shape index (κ3) is 10.0. The lowest BCUT2D eigenvalue weighted by atomic mass is 9.85. The molecule has 5 aromatic rings. The Balaban J connectivity index is 0.908. The normalized spacial score (nSPS) is 19.8. The van der Waals surface area contributed by atoms with E-state index in [0.29, 0.717) is 5.56 Å². The first-order chi connectivity index (χ1) is 30.1. The zero-order chi connectivity index (χ0) is 45.0. The molecule has 16 nitrogen and oxygen atoms in total. The Bertz CT molecular complexity index is 2500. The van der Waals surface area contributed by atoms with Crippen molar-refractivity contribution >= 4 is 46.2 Å². The third-order valence-electron chi connectivity index (χ3n) is 12.2. The summed E-state index contributed by atoms with van der Waals surface area (Å²) in [6, 6.07) is 17.0. The number of rotatable bonds is 13. The molecule has 2 aliphatic rings. The number of β-amino-alcohol motifs (C(OH)–C–C–N with tert-alkyl or cyclic N) is 1. The second-order valence-electron chi connectivity index (χ2n) is 17.6. The van der Waals surface area contributed by atoms with E-state index in [4.69, 9.17) is 4.98 Å². The summed E-state index contributed by atoms with van der Waals surface area (Å²) in [6.45, 7) is 7.34. The number of pyridine rings is 1. The predicted molar refractivity (Wildman–Crippen MR) is 239 cm³/mol. The maximum absolute atomic E-state index is 14.1. The highest BCUT2D eigenvalue weighted by Gasteiger charge is 2.45. The summed E-state index contributed by atoms with van der Waals surface area (Å²) in [4.78, 5) is 62.2. The summed E-state index contributed by atoms with van der Waals surface area (Å²) < 4.78 is 1.76. The third-order valence-corrected chi connectivity index (χ3v) is 13.3. The van der Waals surface area contributed by atoms with Gasteiger partial charge in [-0.1, -0.05) is 62.4 Å². The van der Waals surface area contributed by atoms with Crippen LogP contribution >= 0.6 is 11.3 Å². The van der Waals surface area contributed by atoms with Crippen LogP contribution in [0.5, 0.6) is 0 Å². The molecule has 4 atom stereocenters. The van der Waals surface area contributed by atoms with Gasteiger partial charge in [0.25, 0.3) is 0 Å². The topological polar surface area (TPSA) is 211 Å². The van der Waals surface area contributed by atoms with Gasteiger partial charge in [0, 0.05) is 63.7 Å². The molecular formula is C46H55N11O5S. The van der Waals surface area contributed by atoms with Crippen molar-refractivity contribution in [2.24, 2.45) is 5.41 Å². The first-order valence-electron chi connectivity index (χ1n) is 21.4. The van der Waals surface area contributed by atoms with Gasteiger partial charge in [0.1, 0.15) is 23.2 Å². The van der Waals surface area contributed by atoms with Crippen LogP contribution in [0.3, 0.4) is 0 Å². The standard InChI is InChI=1S/C46H55N11O5S/c1-27(29-10-8-7-9-11-29)51-42(61)38-21-33(58)26-56(38)45(62)41(46(2,3)4)52-39(59)18-19-40(60)55(6)31-14-12-30(13-15-31)43-53-54-44(63-43)34-25-49-36(22-35(34)48-5)37-17-16-32-20-28(23-47)24-50-57(32)37/h7-11,16-17,20,22,24-25,27,30-31,33,38,41,58H,12-15,18-19,21,26H2,1-6H3,(H,48,49)(H,51,61)(H,52,59)/t27-,30-,31-,33+,38-,41+/m0/s1. The lowest BCUT2D eigenvalue weighted by Gasteiger charge is -2.36. The van der Waals surface area contributed by atoms with Gasteiger partial charge in [-0.2, -0.15) is 10.4 Å². The van der Waals surface area contributed by atoms with Gasteiger partial charge in [-0.25, -0.2) is 4.52 Å². The number of likely N-dealkylation sites (tertiary alicyclic amines) is 1. The number of benzene rings is 1. The lowest BCUT2D eigenvalue weighted by molar-refractivity contribution is -0.144. The molecule has 0 unspecified atom stereocenters. The van der Waals surface area contributed by atoms with E-state index in [1.807, 2.05) is 83.3 Å². The number of anilines is 1. The minimum absolute atomic E-state index is 0.0149. The predicted octanol–water partition coefficient (Wildman–Crippen LogP) is 5.46. The molecule has 0 radical (unpaired) electrons. The van der Waals surface area contributed by atoms with Crippen LogP contribution < -0.4 is 16.0 Å². The van der Waals surface area contributed by atoms with E-state index in [0.717, 1.165) is 69.4 Å². The molecule has 0 bridgehead atoms. The summed E-state index contributed by atoms with van der Waals surface area (Å²) in [5.74, 6) is -1.20. The zero-order valence-corrected chi connectivity index (χ0v) is 37.4. The monoisotopic (exact) mass is 873 g/mol. The molecule has 1 saturated carbocycles. The summed E-state index contributed by atoms with van der Waals surface area (Å²) >= 11 is 1.54. The van der Waals surface area contributed by atoms with Crippen LogP contribution in [0.15, 0.2) is 67.0 Å². The zero-order valence-electron chi connectivity index (χ0n) is 36.5. The van der Waals surface area contributed by atoms with Crippen molar-refractivity contribution in [3.63, 3.8) is 0 Å². The molecule has 330 valence electrons. The minimum Gasteiger partial charge on any atom is -0.391 e. The van der Waals surface area contributed by atoms with E-state index in [9.17, 15) is 29.5 Å². The van der Waals surface area contributed by atoms with Crippen molar-refractivity contribution in [1.29, 1.82) is 5.26 Å². The van der Waals surface area contributed by atoms with Gasteiger partial charge in [-0.3, -0.25) is 24.2 Å². The highest BCUT2D eigenvalue weighted by Crippen LogP contribution is 2.40. The number of nitrogens with one attached hydrogen (secondary N) is 3. The van der Waals surface area contributed by atoms with Gasteiger partial charge in [0.15, 0.2) is 5.01 Å². The molecular weight excluding hydrogens is 819 g/mol. The fourth-order valence-electron chi connectivity index (χ4n) is 8.53. The van der Waals surface area contributed by atoms with Crippen LogP contribution in [0.25, 0.3) is 27.5 Å². The molecule has 4 aromatic heterocycles. The van der Waals surface area contributed by atoms with Crippen molar-refractivity contribution in [1.82, 2.24) is 45.2 Å². The van der Waals surface area contributed by atoms with Gasteiger partial charge < -0.3 is 30.9 Å². The van der Waals surface area contributed by atoms with E-state index in [1.54, 1.807) is 40.1 Å². The van der Waals surface area contributed by atoms with Crippen molar-refractivity contribution in [2.75, 3.05) is 26.0 Å². The van der Waals surface area contributed by atoms with Gasteiger partial charge in [-0.05, 0) is 67.9 Å². The summed E-state index contributed by atoms with van der Waals surface area (Å²) in [5, 5.41) is 44.2. The largest absolute Gasteiger partial charge is 0.391 e. The van der Waals surface area contributed by atoms with E-state index in [-0.39, 0.29) is 55.6 Å². The number of aliphatic hydroxyl groups is 1. The molecule has 0 spiro atoms. The van der Waals surface area contributed by atoms with Crippen molar-refractivity contribution < 1.29 is 24.3 Å². The number of nitriles is 1. The molecule has 1 aliphatic carbocycles. The van der Waals surface area contributed by atoms with Crippen molar-refractivity contribution in [3.05, 3.63) is 83.1 Å². The van der Waals surface area contributed by atoms with Gasteiger partial charge in [-0.15, -0.1) is 10.2 Å². The van der Waals surface area contributed by atoms with E-state index in [2.05, 4.69) is 37.3 Å². The van der Waals surface area contributed by atoms with Crippen LogP contribution in [0.4, 0.5) is 5.69 Å². The molecule has 63 heavy (non-hydrogen) atoms. The summed E-state index contributed by atoms with van der Waals surface area (Å²) in [6.07, 6.45) is 5.65. The molecule has 1 saturated heterocycles. The maximum atomic E-state index is 14.1. The molecule has 17 heteroatoms. The Kier molecular flexibility index (Phi) is 13.5. The summed E-state index contributed by atoms with van der Waals surface area (Å²) in [5.41, 5.74) is 4.68. The average molecular weight is 874 g/mol. The number of fused-ring (bicyclic) bond motifs is 1. The maximum Gasteiger partial charge on any atom is 0.246 e. The number of hydrogen-bond acceptors (Lipinski definition) is 12. The average Bonchev–Trinajstić information content (AvgIpc) is 4.05. The van der Waals surface area contributed by atoms with E-state index in [1.165, 1.54) is 11.1 Å². The number of carbonyl (C=O) groups is 4. The Hall–Kier alpha value is -6.25. The Morgan fingerprint density at radius 3 is 2.44 bits per heavy atom. The van der Waals surface area contributed by atoms with E-state index >= 15 is 0 Å². The van der Waals surface area contributed by atoms with Crippen LogP contribution in [-0.4, -0.2) is 108 Å². The quantitative estimate of drug-likeness (QED) is 0.117. The number of hydrogen-bond donors (Lipinski definition) is 4. The minimum atomic E-state index is -0.981. The van der Waals surface area contributed by atoms with Gasteiger partial charge in [0.2, 0.25) is 23.6 Å². The van der Waals surface area contributed by atoms with Crippen LogP contribution in [0, 0.1) is 16.7 Å². The Morgan fingerprint density at radius 2 is 1.75 bits per heavy atom. The lowest BCUT2D eigenvalue weighted by Crippen LogP contribution is -2.57. The van der Waals surface area contributed by atoms with Crippen LogP contribution in [0.1, 0.15) is 101 Å². The fraction of sp³-hybridized carbons (Fsp3) is 0.457. The van der Waals surface area contributed by atoms with Crippen LogP contribution in [-0.2, 0) is 19.2 Å². The number of nitrogens with zero attached hydrogens (tertiary/aromatic N) is 8. The first kappa shape index (κ1) is 44.8. The smallest absolute Gasteiger partial charge is 0.246 e. The molecule has 2 fully saturated rings. The van der Waals surface area contributed by atoms with Crippen molar-refractivity contribution in [3.8, 4) is 28.0 Å². The number of amides is 4. The van der Waals surface area contributed by atoms with Crippen molar-refractivity contribution in [2.45, 2.75) is 109 Å². The van der Waals surface area contributed by atoms with Gasteiger partial charge in [0.05, 0.1) is 46.4 Å². The van der Waals surface area contributed by atoms with Gasteiger partial charge >= 0.3 is 0 Å². The highest BCUT2D eigenvalue weighted by atomic mass is 32.1. The molecule has 4 amide bonds. The SMILES string of the molecule is CNc1cc(-c2ccc3cc(C#N)cnn23)ncc1-c1nnc([C@H]2CC[C@H](N(C)C(=O)CCC(=O)N[C@H](C(=O)N3C[C@H](O)C[C@H]3C(=O)N[C@@H](C)c3ccccc3)C(C)(C)C)CC2)s1. The summed E-state index contributed by atoms with van der Waals surface area (Å²) in [7, 11) is 3.63. The number of aliphatic hydroxyl groups excluding tert-OH is 1. The Labute approximate surface area is 371 Å². The molecule has 1 aromatic carbocycles. The highest BCUT2D eigenvalue weighted by molar-refractivity contribution is 7.14. The first-order valence-corrected chi connectivity index (χ1v) is 22.3. The number of carbonyl (C=O) groups excluding carboxylic acids is 4. The molecule has 1 aliphatic heterocycles. The molecule has 4 N–H and O–H groups in total. The molecule has 5 heterocycles. The Morgan fingerprint density at radius 1 is 1.00 bits per heavy atom. The second-order valence-corrected chi connectivity index (χ2v) is 18.6. The van der Waals surface area contributed by atoms with E-state index < -0.39 is 35.4 Å². The second kappa shape index (κ2) is 19.0.